The molecule has 3 atom stereocenters. The largest absolute Gasteiger partial charge is 0.466 e. The number of ether oxygens (including phenoxy) is 3. The van der Waals surface area contributed by atoms with Crippen molar-refractivity contribution in [2.24, 2.45) is 4.99 Å². The Morgan fingerprint density at radius 3 is 1.67 bits per heavy atom. The molecule has 30 heavy (non-hydrogen) atoms. The van der Waals surface area contributed by atoms with E-state index < -0.39 is 36.2 Å². The summed E-state index contributed by atoms with van der Waals surface area (Å²) in [7, 11) is 1.16. The second kappa shape index (κ2) is 10.9. The third kappa shape index (κ3) is 6.27. The van der Waals surface area contributed by atoms with Crippen LogP contribution in [0.3, 0.4) is 0 Å². The number of carbonyl (C=O) groups excluding carboxylic acids is 3. The molecular weight excluding hydrogens is 386 g/mol. The Kier molecular flexibility index (Phi) is 8.29. The van der Waals surface area contributed by atoms with E-state index in [0.717, 1.165) is 25.2 Å². The molecule has 0 unspecified atom stereocenters. The lowest BCUT2D eigenvalue weighted by Crippen LogP contribution is -2.46. The maximum Gasteiger partial charge on any atom is 0.351 e. The van der Waals surface area contributed by atoms with Crippen LogP contribution >= 0.6 is 0 Å². The molecule has 0 bridgehead atoms. The molecule has 0 amide bonds. The highest BCUT2D eigenvalue weighted by Crippen LogP contribution is 2.18. The molecule has 0 spiro atoms. The van der Waals surface area contributed by atoms with Crippen LogP contribution in [0.1, 0.15) is 31.9 Å². The minimum Gasteiger partial charge on any atom is -0.466 e. The van der Waals surface area contributed by atoms with Crippen molar-refractivity contribution in [3.63, 3.8) is 0 Å². The Bertz CT molecular complexity index is 853. The van der Waals surface area contributed by atoms with Crippen molar-refractivity contribution in [1.29, 1.82) is 0 Å². The molecule has 0 saturated heterocycles. The summed E-state index contributed by atoms with van der Waals surface area (Å²) in [4.78, 5) is 40.3. The predicted octanol–water partition coefficient (Wildman–Crippen LogP) is 2.95. The number of hydrogen-bond donors (Lipinski definition) is 0. The maximum absolute atomic E-state index is 12.3. The van der Waals surface area contributed by atoms with Gasteiger partial charge in [0.1, 0.15) is 0 Å². The van der Waals surface area contributed by atoms with Crippen LogP contribution in [0.5, 0.6) is 0 Å². The summed E-state index contributed by atoms with van der Waals surface area (Å²) in [6.07, 6.45) is -2.61. The molecule has 2 aromatic carbocycles. The molecule has 7 heteroatoms. The van der Waals surface area contributed by atoms with E-state index in [-0.39, 0.29) is 0 Å². The van der Waals surface area contributed by atoms with E-state index in [9.17, 15) is 14.4 Å². The second-order valence-corrected chi connectivity index (χ2v) is 6.58. The van der Waals surface area contributed by atoms with Crippen LogP contribution in [0.15, 0.2) is 65.7 Å². The van der Waals surface area contributed by atoms with Crippen LogP contribution in [-0.4, -0.2) is 49.0 Å². The van der Waals surface area contributed by atoms with Crippen molar-refractivity contribution >= 4 is 23.6 Å². The Labute approximate surface area is 175 Å². The number of benzene rings is 2. The molecule has 0 aliphatic rings. The van der Waals surface area contributed by atoms with Crippen molar-refractivity contribution in [3.05, 3.63) is 71.8 Å². The first-order valence-corrected chi connectivity index (χ1v) is 9.44. The van der Waals surface area contributed by atoms with Gasteiger partial charge in [-0.1, -0.05) is 60.7 Å². The van der Waals surface area contributed by atoms with Gasteiger partial charge >= 0.3 is 17.9 Å². The number of nitrogens with zero attached hydrogens (tertiary/aromatic N) is 1. The lowest BCUT2D eigenvalue weighted by Gasteiger charge is -2.27. The van der Waals surface area contributed by atoms with E-state index in [4.69, 9.17) is 19.2 Å². The molecule has 7 nitrogen and oxygen atoms in total. The fourth-order valence-corrected chi connectivity index (χ4v) is 2.93. The molecule has 0 fully saturated rings. The first-order chi connectivity index (χ1) is 14.3. The van der Waals surface area contributed by atoms with E-state index in [1.165, 1.54) is 6.92 Å². The smallest absolute Gasteiger partial charge is 0.351 e. The molecule has 0 aliphatic heterocycles. The summed E-state index contributed by atoms with van der Waals surface area (Å²) in [6.45, 7) is 4.05. The van der Waals surface area contributed by atoms with Gasteiger partial charge in [0.2, 0.25) is 6.10 Å². The van der Waals surface area contributed by atoms with Gasteiger partial charge in [0.15, 0.2) is 6.10 Å². The molecule has 2 aromatic rings. The van der Waals surface area contributed by atoms with E-state index >= 15 is 0 Å². The van der Waals surface area contributed by atoms with Gasteiger partial charge in [0.25, 0.3) is 0 Å². The molecule has 158 valence electrons. The Balaban J connectivity index is 2.53. The maximum atomic E-state index is 12.3. The van der Waals surface area contributed by atoms with Crippen molar-refractivity contribution < 1.29 is 28.6 Å². The van der Waals surface area contributed by atoms with E-state index in [1.807, 2.05) is 60.7 Å². The molecule has 0 aliphatic carbocycles. The monoisotopic (exact) mass is 411 g/mol. The quantitative estimate of drug-likeness (QED) is 0.377. The van der Waals surface area contributed by atoms with Gasteiger partial charge in [-0.2, -0.15) is 0 Å². The van der Waals surface area contributed by atoms with Gasteiger partial charge in [-0.3, -0.25) is 14.6 Å². The molecule has 0 radical (unpaired) electrons. The van der Waals surface area contributed by atoms with Gasteiger partial charge in [0, 0.05) is 25.0 Å². The fraction of sp³-hybridized carbons (Fsp3) is 0.304. The highest BCUT2D eigenvalue weighted by Gasteiger charge is 2.39. The van der Waals surface area contributed by atoms with Gasteiger partial charge in [-0.05, 0) is 6.92 Å². The summed E-state index contributed by atoms with van der Waals surface area (Å²) >= 11 is 0. The molecule has 0 N–H and O–H groups in total. The van der Waals surface area contributed by atoms with Crippen molar-refractivity contribution in [2.75, 3.05) is 7.11 Å². The lowest BCUT2D eigenvalue weighted by molar-refractivity contribution is -0.180. The third-order valence-corrected chi connectivity index (χ3v) is 4.23. The van der Waals surface area contributed by atoms with E-state index in [0.29, 0.717) is 5.71 Å². The minimum atomic E-state index is -1.44. The summed E-state index contributed by atoms with van der Waals surface area (Å²) in [5.41, 5.74) is 2.34. The predicted molar refractivity (Wildman–Crippen MR) is 111 cm³/mol. The van der Waals surface area contributed by atoms with Crippen LogP contribution in [0.2, 0.25) is 0 Å². The first-order valence-electron chi connectivity index (χ1n) is 9.44. The summed E-state index contributed by atoms with van der Waals surface area (Å²) in [5.74, 6) is -2.17. The normalized spacial score (nSPS) is 13.3. The Hall–Kier alpha value is -3.48. The second-order valence-electron chi connectivity index (χ2n) is 6.58. The molecule has 0 saturated carbocycles. The number of aliphatic imine (C=N–C) groups is 1. The van der Waals surface area contributed by atoms with E-state index in [1.54, 1.807) is 6.92 Å². The Morgan fingerprint density at radius 2 is 1.27 bits per heavy atom. The standard InChI is InChI=1S/C23H25NO6/c1-15(21(29-16(2)25)22(23(27)28-4)30-17(3)26)24-20(18-11-7-5-8-12-18)19-13-9-6-10-14-19/h5-15,21-22H,1-4H3/t15-,21+,22+/m0/s1. The zero-order valence-corrected chi connectivity index (χ0v) is 17.4. The van der Waals surface area contributed by atoms with E-state index in [2.05, 4.69) is 0 Å². The topological polar surface area (TPSA) is 91.3 Å². The molecule has 0 aromatic heterocycles. The molecular formula is C23H25NO6. The molecule has 2 rings (SSSR count). The van der Waals surface area contributed by atoms with Crippen LogP contribution in [0, 0.1) is 0 Å². The van der Waals surface area contributed by atoms with Crippen molar-refractivity contribution in [3.8, 4) is 0 Å². The Morgan fingerprint density at radius 1 is 0.800 bits per heavy atom. The number of methoxy groups -OCH3 is 1. The van der Waals surface area contributed by atoms with Gasteiger partial charge in [-0.25, -0.2) is 4.79 Å². The summed E-state index contributed by atoms with van der Waals surface area (Å²) in [5, 5.41) is 0. The van der Waals surface area contributed by atoms with Crippen molar-refractivity contribution in [2.45, 2.75) is 39.0 Å². The summed E-state index contributed by atoms with van der Waals surface area (Å²) in [6, 6.07) is 18.2. The highest BCUT2D eigenvalue weighted by atomic mass is 16.6. The number of esters is 3. The SMILES string of the molecule is COC(=O)[C@H](OC(C)=O)[C@H](OC(C)=O)[C@H](C)N=C(c1ccccc1)c1ccccc1. The highest BCUT2D eigenvalue weighted by molar-refractivity contribution is 6.13. The fourth-order valence-electron chi connectivity index (χ4n) is 2.93. The van der Waals surface area contributed by atoms with Gasteiger partial charge < -0.3 is 14.2 Å². The van der Waals surface area contributed by atoms with Crippen LogP contribution in [0.4, 0.5) is 0 Å². The van der Waals surface area contributed by atoms with Crippen LogP contribution < -0.4 is 0 Å². The zero-order valence-electron chi connectivity index (χ0n) is 17.4. The average Bonchev–Trinajstić information content (AvgIpc) is 2.74. The van der Waals surface area contributed by atoms with Crippen molar-refractivity contribution in [1.82, 2.24) is 0 Å². The number of hydrogen-bond acceptors (Lipinski definition) is 7. The average molecular weight is 411 g/mol. The van der Waals surface area contributed by atoms with Crippen LogP contribution in [-0.2, 0) is 28.6 Å². The van der Waals surface area contributed by atoms with Crippen LogP contribution in [0.25, 0.3) is 0 Å². The number of rotatable bonds is 8. The van der Waals surface area contributed by atoms with Gasteiger partial charge in [-0.15, -0.1) is 0 Å². The minimum absolute atomic E-state index is 0.635. The van der Waals surface area contributed by atoms with Gasteiger partial charge in [0.05, 0.1) is 18.9 Å². The lowest BCUT2D eigenvalue weighted by atomic mass is 10.0. The molecule has 0 heterocycles. The third-order valence-electron chi connectivity index (χ3n) is 4.23. The zero-order chi connectivity index (χ0) is 22.1. The number of carbonyl (C=O) groups is 3. The first kappa shape index (κ1) is 22.8. The summed E-state index contributed by atoms with van der Waals surface area (Å²) < 4.78 is 15.2.